The summed E-state index contributed by atoms with van der Waals surface area (Å²) in [4.78, 5) is 41.7. The number of para-hydroxylation sites is 2. The van der Waals surface area contributed by atoms with E-state index in [-0.39, 0.29) is 23.7 Å². The fourth-order valence-corrected chi connectivity index (χ4v) is 4.89. The Labute approximate surface area is 182 Å². The highest BCUT2D eigenvalue weighted by Gasteiger charge is 2.25. The van der Waals surface area contributed by atoms with Crippen molar-refractivity contribution < 1.29 is 9.59 Å². The quantitative estimate of drug-likeness (QED) is 0.618. The molecule has 3 N–H and O–H groups in total. The summed E-state index contributed by atoms with van der Waals surface area (Å²) in [6, 6.07) is 8.01. The molecule has 0 atom stereocenters. The molecule has 2 aliphatic rings. The first-order chi connectivity index (χ1) is 15.1. The van der Waals surface area contributed by atoms with Crippen LogP contribution < -0.4 is 16.3 Å². The van der Waals surface area contributed by atoms with Gasteiger partial charge in [0.1, 0.15) is 0 Å². The Balaban J connectivity index is 1.18. The Kier molecular flexibility index (Phi) is 6.94. The molecule has 1 saturated heterocycles. The van der Waals surface area contributed by atoms with Crippen LogP contribution >= 0.6 is 0 Å². The second-order valence-electron chi connectivity index (χ2n) is 8.77. The first kappa shape index (κ1) is 21.5. The van der Waals surface area contributed by atoms with Gasteiger partial charge in [-0.25, -0.2) is 9.59 Å². The first-order valence-corrected chi connectivity index (χ1v) is 11.6. The molecule has 0 unspecified atom stereocenters. The minimum atomic E-state index is -0.121. The van der Waals surface area contributed by atoms with Crippen LogP contribution in [-0.2, 0) is 4.79 Å². The number of amides is 3. The average molecular weight is 428 g/mol. The van der Waals surface area contributed by atoms with Crippen molar-refractivity contribution in [2.24, 2.45) is 0 Å². The largest absolute Gasteiger partial charge is 0.343 e. The van der Waals surface area contributed by atoms with Crippen LogP contribution in [0.1, 0.15) is 63.8 Å². The van der Waals surface area contributed by atoms with Gasteiger partial charge < -0.3 is 20.5 Å². The van der Waals surface area contributed by atoms with Gasteiger partial charge in [0.15, 0.2) is 0 Å². The summed E-state index contributed by atoms with van der Waals surface area (Å²) in [5, 5.41) is 5.90. The van der Waals surface area contributed by atoms with Gasteiger partial charge in [-0.2, -0.15) is 0 Å². The van der Waals surface area contributed by atoms with Crippen LogP contribution in [0.25, 0.3) is 11.0 Å². The molecule has 3 amide bonds. The molecule has 0 radical (unpaired) electrons. The van der Waals surface area contributed by atoms with Crippen molar-refractivity contribution in [1.29, 1.82) is 0 Å². The summed E-state index contributed by atoms with van der Waals surface area (Å²) in [5.74, 6) is 0.124. The third-order valence-corrected chi connectivity index (χ3v) is 6.60. The van der Waals surface area contributed by atoms with Gasteiger partial charge in [-0.05, 0) is 44.2 Å². The highest BCUT2D eigenvalue weighted by molar-refractivity contribution is 5.77. The van der Waals surface area contributed by atoms with E-state index in [0.29, 0.717) is 38.5 Å². The number of piperidine rings is 1. The van der Waals surface area contributed by atoms with E-state index in [1.54, 1.807) is 0 Å². The van der Waals surface area contributed by atoms with Crippen LogP contribution in [0, 0.1) is 0 Å². The molecule has 2 heterocycles. The van der Waals surface area contributed by atoms with E-state index in [1.165, 1.54) is 19.3 Å². The summed E-state index contributed by atoms with van der Waals surface area (Å²) < 4.78 is 1.84. The van der Waals surface area contributed by atoms with Crippen molar-refractivity contribution in [2.45, 2.75) is 69.9 Å². The summed E-state index contributed by atoms with van der Waals surface area (Å²) >= 11 is 0. The molecule has 31 heavy (non-hydrogen) atoms. The fourth-order valence-electron chi connectivity index (χ4n) is 4.89. The van der Waals surface area contributed by atoms with E-state index in [0.717, 1.165) is 36.7 Å². The number of nitrogens with zero attached hydrogens (tertiary/aromatic N) is 2. The zero-order valence-corrected chi connectivity index (χ0v) is 18.1. The lowest BCUT2D eigenvalue weighted by molar-refractivity contribution is -0.132. The number of fused-ring (bicyclic) bond motifs is 1. The lowest BCUT2D eigenvalue weighted by Crippen LogP contribution is -2.43. The normalized spacial score (nSPS) is 18.3. The third kappa shape index (κ3) is 5.29. The molecule has 1 saturated carbocycles. The highest BCUT2D eigenvalue weighted by Crippen LogP contribution is 2.25. The lowest BCUT2D eigenvalue weighted by Gasteiger charge is -2.32. The van der Waals surface area contributed by atoms with Crippen molar-refractivity contribution in [3.63, 3.8) is 0 Å². The second kappa shape index (κ2) is 10.0. The van der Waals surface area contributed by atoms with Crippen molar-refractivity contribution >= 4 is 23.0 Å². The van der Waals surface area contributed by atoms with Crippen LogP contribution in [0.15, 0.2) is 29.1 Å². The molecule has 8 nitrogen and oxygen atoms in total. The van der Waals surface area contributed by atoms with E-state index < -0.39 is 0 Å². The Hall–Kier alpha value is -2.77. The summed E-state index contributed by atoms with van der Waals surface area (Å²) in [5.41, 5.74) is 1.70. The molecule has 1 aliphatic heterocycles. The van der Waals surface area contributed by atoms with E-state index in [9.17, 15) is 14.4 Å². The number of urea groups is 1. The van der Waals surface area contributed by atoms with E-state index >= 15 is 0 Å². The summed E-state index contributed by atoms with van der Waals surface area (Å²) in [6.45, 7) is 1.82. The maximum absolute atomic E-state index is 12.6. The number of hydrogen-bond acceptors (Lipinski definition) is 3. The van der Waals surface area contributed by atoms with Gasteiger partial charge in [0.2, 0.25) is 5.91 Å². The molecule has 4 rings (SSSR count). The van der Waals surface area contributed by atoms with Gasteiger partial charge in [0, 0.05) is 38.1 Å². The Morgan fingerprint density at radius 1 is 1.03 bits per heavy atom. The van der Waals surface area contributed by atoms with E-state index in [4.69, 9.17) is 0 Å². The highest BCUT2D eigenvalue weighted by atomic mass is 16.2. The van der Waals surface area contributed by atoms with Crippen molar-refractivity contribution in [2.75, 3.05) is 19.6 Å². The minimum Gasteiger partial charge on any atom is -0.343 e. The molecule has 2 fully saturated rings. The van der Waals surface area contributed by atoms with Crippen LogP contribution in [0.5, 0.6) is 0 Å². The molecular weight excluding hydrogens is 394 g/mol. The number of benzene rings is 1. The molecule has 0 spiro atoms. The number of aromatic nitrogens is 2. The van der Waals surface area contributed by atoms with Gasteiger partial charge in [-0.15, -0.1) is 0 Å². The zero-order chi connectivity index (χ0) is 21.6. The number of imidazole rings is 1. The maximum Gasteiger partial charge on any atom is 0.326 e. The third-order valence-electron chi connectivity index (χ3n) is 6.60. The summed E-state index contributed by atoms with van der Waals surface area (Å²) in [6.07, 6.45) is 8.37. The predicted octanol–water partition coefficient (Wildman–Crippen LogP) is 2.91. The van der Waals surface area contributed by atoms with Gasteiger partial charge >= 0.3 is 11.7 Å². The van der Waals surface area contributed by atoms with Crippen LogP contribution in [-0.4, -0.2) is 52.1 Å². The second-order valence-corrected chi connectivity index (χ2v) is 8.77. The molecule has 1 aromatic heterocycles. The van der Waals surface area contributed by atoms with Crippen LogP contribution in [0.2, 0.25) is 0 Å². The maximum atomic E-state index is 12.6. The molecule has 168 valence electrons. The number of aromatic amines is 1. The molecule has 1 aliphatic carbocycles. The minimum absolute atomic E-state index is 0.0800. The number of hydrogen-bond donors (Lipinski definition) is 3. The topological polar surface area (TPSA) is 99.2 Å². The van der Waals surface area contributed by atoms with Crippen LogP contribution in [0.3, 0.4) is 0 Å². The number of nitrogens with one attached hydrogen (secondary N) is 3. The zero-order valence-electron chi connectivity index (χ0n) is 18.1. The molecule has 2 aromatic rings. The first-order valence-electron chi connectivity index (χ1n) is 11.6. The van der Waals surface area contributed by atoms with Crippen molar-refractivity contribution in [3.8, 4) is 0 Å². The lowest BCUT2D eigenvalue weighted by atomic mass is 9.96. The Morgan fingerprint density at radius 2 is 1.77 bits per heavy atom. The number of likely N-dealkylation sites (tertiary alicyclic amines) is 1. The number of H-pyrrole nitrogens is 1. The summed E-state index contributed by atoms with van der Waals surface area (Å²) in [7, 11) is 0. The van der Waals surface area contributed by atoms with Gasteiger partial charge in [-0.1, -0.05) is 31.4 Å². The van der Waals surface area contributed by atoms with E-state index in [2.05, 4.69) is 15.6 Å². The monoisotopic (exact) mass is 427 g/mol. The standard InChI is InChI=1S/C23H33N5O3/c29-21(11-6-14-24-22(30)25-17-7-2-1-3-8-17)27-15-12-18(13-16-27)28-20-10-5-4-9-19(20)26-23(28)31/h4-5,9-10,17-18H,1-3,6-8,11-16H2,(H,26,31)(H2,24,25,30). The fraction of sp³-hybridized carbons (Fsp3) is 0.609. The number of carbonyl (C=O) groups excluding carboxylic acids is 2. The number of rotatable bonds is 6. The van der Waals surface area contributed by atoms with Gasteiger partial charge in [-0.3, -0.25) is 9.36 Å². The average Bonchev–Trinajstić information content (AvgIpc) is 3.13. The molecular formula is C23H33N5O3. The Bertz CT molecular complexity index is 952. The van der Waals surface area contributed by atoms with Crippen molar-refractivity contribution in [3.05, 3.63) is 34.7 Å². The van der Waals surface area contributed by atoms with Crippen LogP contribution in [0.4, 0.5) is 4.79 Å². The van der Waals surface area contributed by atoms with Crippen molar-refractivity contribution in [1.82, 2.24) is 25.1 Å². The predicted molar refractivity (Wildman–Crippen MR) is 120 cm³/mol. The van der Waals surface area contributed by atoms with E-state index in [1.807, 2.05) is 33.7 Å². The number of carbonyl (C=O) groups is 2. The molecule has 0 bridgehead atoms. The molecule has 1 aromatic carbocycles. The van der Waals surface area contributed by atoms with Gasteiger partial charge in [0.05, 0.1) is 11.0 Å². The Morgan fingerprint density at radius 3 is 2.55 bits per heavy atom. The van der Waals surface area contributed by atoms with Gasteiger partial charge in [0.25, 0.3) is 0 Å². The smallest absolute Gasteiger partial charge is 0.326 e. The molecule has 8 heteroatoms. The SMILES string of the molecule is O=C(NCCCC(=O)N1CCC(n2c(=O)[nH]c3ccccc32)CC1)NC1CCCCC1.